The Hall–Kier alpha value is 0.377. The third kappa shape index (κ3) is 10.4. The minimum absolute atomic E-state index is 0.651. The molecule has 0 rings (SSSR count). The molecule has 0 atom stereocenters. The van der Waals surface area contributed by atoms with Gasteiger partial charge in [0.25, 0.3) is 0 Å². The van der Waals surface area contributed by atoms with E-state index in [1.165, 1.54) is 0 Å². The average Bonchev–Trinajstić information content (AvgIpc) is 1.55. The van der Waals surface area contributed by atoms with Crippen LogP contribution in [0, 0.1) is 0 Å². The maximum atomic E-state index is 13.0. The first-order valence-corrected chi connectivity index (χ1v) is 9.81. The van der Waals surface area contributed by atoms with Crippen molar-refractivity contribution in [2.24, 2.45) is 0 Å². The lowest BCUT2D eigenvalue weighted by molar-refractivity contribution is 0.581. The van der Waals surface area contributed by atoms with Gasteiger partial charge in [-0.2, -0.15) is 0 Å². The van der Waals surface area contributed by atoms with Crippen LogP contribution in [0.2, 0.25) is 19.1 Å². The molecular formula is C7H18FOPSi. The summed E-state index contributed by atoms with van der Waals surface area (Å²) in [6.07, 6.45) is 1.49. The van der Waals surface area contributed by atoms with Crippen LogP contribution in [0.15, 0.2) is 0 Å². The number of hydrogen-bond acceptors (Lipinski definition) is 1. The Labute approximate surface area is 69.9 Å². The SMILES string of the molecule is C[Si](C)(F)CCCP(C)(C)=O. The molecule has 0 aliphatic heterocycles. The van der Waals surface area contributed by atoms with Crippen LogP contribution in [0.4, 0.5) is 4.11 Å². The average molecular weight is 196 g/mol. The van der Waals surface area contributed by atoms with E-state index >= 15 is 0 Å². The van der Waals surface area contributed by atoms with Crippen LogP contribution in [0.25, 0.3) is 0 Å². The fraction of sp³-hybridized carbons (Fsp3) is 1.00. The van der Waals surface area contributed by atoms with Crippen molar-refractivity contribution < 1.29 is 8.67 Å². The Bertz CT molecular complexity index is 158. The molecule has 0 saturated carbocycles. The van der Waals surface area contributed by atoms with Gasteiger partial charge in [0.1, 0.15) is 0 Å². The van der Waals surface area contributed by atoms with E-state index in [0.29, 0.717) is 12.2 Å². The van der Waals surface area contributed by atoms with Crippen molar-refractivity contribution in [3.63, 3.8) is 0 Å². The van der Waals surface area contributed by atoms with Crippen molar-refractivity contribution >= 4 is 15.5 Å². The van der Waals surface area contributed by atoms with Crippen LogP contribution in [0.1, 0.15) is 6.42 Å². The van der Waals surface area contributed by atoms with Crippen molar-refractivity contribution in [3.05, 3.63) is 0 Å². The molecule has 0 spiro atoms. The molecule has 0 fully saturated rings. The fourth-order valence-electron chi connectivity index (χ4n) is 0.880. The Morgan fingerprint density at radius 1 is 1.36 bits per heavy atom. The summed E-state index contributed by atoms with van der Waals surface area (Å²) in [5, 5.41) is 0. The van der Waals surface area contributed by atoms with E-state index in [0.717, 1.165) is 6.42 Å². The summed E-state index contributed by atoms with van der Waals surface area (Å²) in [7, 11) is -4.27. The van der Waals surface area contributed by atoms with Gasteiger partial charge in [-0.1, -0.05) is 0 Å². The largest absolute Gasteiger partial charge is 0.324 e. The van der Waals surface area contributed by atoms with Gasteiger partial charge in [-0.25, -0.2) is 0 Å². The maximum absolute atomic E-state index is 13.0. The van der Waals surface area contributed by atoms with Crippen LogP contribution in [0.3, 0.4) is 0 Å². The minimum atomic E-state index is -2.38. The second kappa shape index (κ2) is 3.86. The summed E-state index contributed by atoms with van der Waals surface area (Å²) in [5.41, 5.74) is 0. The first-order chi connectivity index (χ1) is 4.71. The highest BCUT2D eigenvalue weighted by atomic mass is 31.2. The van der Waals surface area contributed by atoms with Crippen molar-refractivity contribution in [2.45, 2.75) is 25.6 Å². The molecule has 0 amide bonds. The predicted octanol–water partition coefficient (Wildman–Crippen LogP) is 3.17. The highest BCUT2D eigenvalue weighted by Crippen LogP contribution is 2.37. The zero-order valence-corrected chi connectivity index (χ0v) is 9.75. The molecule has 0 saturated heterocycles. The Balaban J connectivity index is 3.52. The van der Waals surface area contributed by atoms with Gasteiger partial charge in [0, 0.05) is 6.16 Å². The summed E-state index contributed by atoms with van der Waals surface area (Å²) < 4.78 is 24.2. The Kier molecular flexibility index (Phi) is 3.99. The number of hydrogen-bond donors (Lipinski definition) is 0. The van der Waals surface area contributed by atoms with Crippen molar-refractivity contribution in [3.8, 4) is 0 Å². The predicted molar refractivity (Wildman–Crippen MR) is 52.3 cm³/mol. The summed E-state index contributed by atoms with van der Waals surface area (Å²) in [6.45, 7) is 6.92. The van der Waals surface area contributed by atoms with E-state index in [4.69, 9.17) is 0 Å². The van der Waals surface area contributed by atoms with Gasteiger partial charge in [-0.05, 0) is 38.9 Å². The van der Waals surface area contributed by atoms with E-state index in [9.17, 15) is 8.67 Å². The normalized spacial score (nSPS) is 13.5. The molecule has 1 nitrogen and oxygen atoms in total. The molecule has 0 unspecified atom stereocenters. The monoisotopic (exact) mass is 196 g/mol. The van der Waals surface area contributed by atoms with Crippen molar-refractivity contribution in [1.82, 2.24) is 0 Å². The van der Waals surface area contributed by atoms with Crippen molar-refractivity contribution in [2.75, 3.05) is 19.5 Å². The summed E-state index contributed by atoms with van der Waals surface area (Å²) >= 11 is 0. The highest BCUT2D eigenvalue weighted by molar-refractivity contribution is 7.62. The van der Waals surface area contributed by atoms with E-state index < -0.39 is 15.5 Å². The van der Waals surface area contributed by atoms with Gasteiger partial charge >= 0.3 is 0 Å². The van der Waals surface area contributed by atoms with Gasteiger partial charge in [0.05, 0.1) is 7.14 Å². The molecule has 11 heavy (non-hydrogen) atoms. The van der Waals surface area contributed by atoms with Gasteiger partial charge < -0.3 is 8.67 Å². The maximum Gasteiger partial charge on any atom is 0.240 e. The molecule has 0 heterocycles. The van der Waals surface area contributed by atoms with Crippen LogP contribution in [-0.2, 0) is 4.57 Å². The van der Waals surface area contributed by atoms with E-state index in [1.807, 2.05) is 0 Å². The lowest BCUT2D eigenvalue weighted by atomic mass is 10.6. The van der Waals surface area contributed by atoms with Gasteiger partial charge in [0.15, 0.2) is 0 Å². The third-order valence-electron chi connectivity index (χ3n) is 1.47. The number of rotatable bonds is 4. The quantitative estimate of drug-likeness (QED) is 0.383. The third-order valence-corrected chi connectivity index (χ3v) is 4.40. The van der Waals surface area contributed by atoms with E-state index in [2.05, 4.69) is 0 Å². The zero-order valence-electron chi connectivity index (χ0n) is 7.85. The van der Waals surface area contributed by atoms with E-state index in [-0.39, 0.29) is 0 Å². The molecular weight excluding hydrogens is 178 g/mol. The van der Waals surface area contributed by atoms with Crippen LogP contribution in [-0.4, -0.2) is 27.9 Å². The fourth-order valence-corrected chi connectivity index (χ4v) is 3.11. The van der Waals surface area contributed by atoms with Crippen LogP contribution in [0.5, 0.6) is 0 Å². The number of halogens is 1. The first-order valence-electron chi connectivity index (χ1n) is 3.94. The standard InChI is InChI=1S/C7H18FOPSi/c1-10(2,9)6-5-7-11(3,4)8/h5-7H2,1-4H3. The zero-order chi connectivity index (χ0) is 9.12. The molecule has 0 N–H and O–H groups in total. The topological polar surface area (TPSA) is 17.1 Å². The Morgan fingerprint density at radius 3 is 2.09 bits per heavy atom. The molecule has 0 bridgehead atoms. The Morgan fingerprint density at radius 2 is 1.82 bits per heavy atom. The van der Waals surface area contributed by atoms with Gasteiger partial charge in [0.2, 0.25) is 8.41 Å². The van der Waals surface area contributed by atoms with E-state index in [1.54, 1.807) is 26.4 Å². The lowest BCUT2D eigenvalue weighted by Crippen LogP contribution is -2.17. The van der Waals surface area contributed by atoms with Gasteiger partial charge in [-0.15, -0.1) is 0 Å². The first kappa shape index (κ1) is 11.4. The smallest absolute Gasteiger partial charge is 0.240 e. The molecule has 0 aromatic carbocycles. The molecule has 0 aromatic heterocycles. The highest BCUT2D eigenvalue weighted by Gasteiger charge is 2.20. The van der Waals surface area contributed by atoms with Gasteiger partial charge in [-0.3, -0.25) is 0 Å². The minimum Gasteiger partial charge on any atom is -0.324 e. The van der Waals surface area contributed by atoms with Crippen LogP contribution >= 0.6 is 7.14 Å². The molecule has 4 heteroatoms. The molecule has 0 aliphatic carbocycles. The van der Waals surface area contributed by atoms with Crippen molar-refractivity contribution in [1.29, 1.82) is 0 Å². The molecule has 0 aromatic rings. The molecule has 0 radical (unpaired) electrons. The summed E-state index contributed by atoms with van der Waals surface area (Å²) in [4.78, 5) is 0. The molecule has 0 aliphatic rings. The summed E-state index contributed by atoms with van der Waals surface area (Å²) in [6, 6.07) is 0.651. The molecule has 68 valence electrons. The van der Waals surface area contributed by atoms with Crippen LogP contribution < -0.4 is 0 Å². The summed E-state index contributed by atoms with van der Waals surface area (Å²) in [5.74, 6) is 0. The second-order valence-electron chi connectivity index (χ2n) is 4.12. The second-order valence-corrected chi connectivity index (χ2v) is 11.7. The lowest BCUT2D eigenvalue weighted by Gasteiger charge is -2.11.